The first-order chi connectivity index (χ1) is 8.05. The molecule has 0 aromatic carbocycles. The standard InChI is InChI=1S/C11H14BrN3O2/c1-3-10(16)14-8-5-7(12)6-9(13-8)15-11(17)4-2/h5-6H,3-4H2,1-2H3,(H2,13,14,15,16,17). The van der Waals surface area contributed by atoms with Crippen molar-refractivity contribution < 1.29 is 9.59 Å². The largest absolute Gasteiger partial charge is 0.311 e. The van der Waals surface area contributed by atoms with Crippen molar-refractivity contribution in [2.75, 3.05) is 10.6 Å². The Kier molecular flexibility index (Phi) is 5.09. The van der Waals surface area contributed by atoms with Gasteiger partial charge < -0.3 is 10.6 Å². The van der Waals surface area contributed by atoms with Gasteiger partial charge in [0.25, 0.3) is 0 Å². The van der Waals surface area contributed by atoms with Crippen LogP contribution in [0.4, 0.5) is 11.6 Å². The summed E-state index contributed by atoms with van der Waals surface area (Å²) in [6.45, 7) is 3.51. The van der Waals surface area contributed by atoms with E-state index in [0.29, 0.717) is 24.5 Å². The van der Waals surface area contributed by atoms with Crippen LogP contribution >= 0.6 is 15.9 Å². The van der Waals surface area contributed by atoms with Gasteiger partial charge >= 0.3 is 0 Å². The molecule has 0 spiro atoms. The Bertz CT molecular complexity index is 398. The zero-order valence-corrected chi connectivity index (χ0v) is 11.3. The zero-order valence-electron chi connectivity index (χ0n) is 9.71. The molecule has 1 rings (SSSR count). The molecule has 0 atom stereocenters. The van der Waals surface area contributed by atoms with Crippen LogP contribution in [-0.2, 0) is 9.59 Å². The lowest BCUT2D eigenvalue weighted by atomic mass is 10.4. The summed E-state index contributed by atoms with van der Waals surface area (Å²) in [6, 6.07) is 3.35. The summed E-state index contributed by atoms with van der Waals surface area (Å²) in [5.74, 6) is 0.585. The monoisotopic (exact) mass is 299 g/mol. The van der Waals surface area contributed by atoms with E-state index in [2.05, 4.69) is 31.5 Å². The third-order valence-electron chi connectivity index (χ3n) is 1.97. The van der Waals surface area contributed by atoms with Crippen molar-refractivity contribution in [2.45, 2.75) is 26.7 Å². The highest BCUT2D eigenvalue weighted by atomic mass is 79.9. The Balaban J connectivity index is 2.86. The van der Waals surface area contributed by atoms with E-state index in [1.54, 1.807) is 26.0 Å². The molecule has 2 N–H and O–H groups in total. The molecule has 0 aliphatic rings. The molecule has 1 aromatic rings. The Morgan fingerprint density at radius 2 is 1.53 bits per heavy atom. The fraction of sp³-hybridized carbons (Fsp3) is 0.364. The van der Waals surface area contributed by atoms with Gasteiger partial charge in [0.1, 0.15) is 11.6 Å². The number of amides is 2. The SMILES string of the molecule is CCC(=O)Nc1cc(Br)cc(NC(=O)CC)n1. The molecule has 0 radical (unpaired) electrons. The number of hydrogen-bond acceptors (Lipinski definition) is 3. The average Bonchev–Trinajstić information content (AvgIpc) is 2.27. The molecule has 1 aromatic heterocycles. The second-order valence-electron chi connectivity index (χ2n) is 3.36. The van der Waals surface area contributed by atoms with Crippen LogP contribution in [0.3, 0.4) is 0 Å². The van der Waals surface area contributed by atoms with Crippen LogP contribution in [0.25, 0.3) is 0 Å². The first kappa shape index (κ1) is 13.6. The Morgan fingerprint density at radius 3 is 1.88 bits per heavy atom. The van der Waals surface area contributed by atoms with Gasteiger partial charge in [0.15, 0.2) is 0 Å². The van der Waals surface area contributed by atoms with E-state index in [1.165, 1.54) is 0 Å². The molecule has 0 unspecified atom stereocenters. The van der Waals surface area contributed by atoms with Crippen LogP contribution in [0.1, 0.15) is 26.7 Å². The maximum Gasteiger partial charge on any atom is 0.225 e. The maximum absolute atomic E-state index is 11.2. The number of anilines is 2. The van der Waals surface area contributed by atoms with Crippen molar-refractivity contribution in [1.29, 1.82) is 0 Å². The van der Waals surface area contributed by atoms with Crippen LogP contribution in [0.5, 0.6) is 0 Å². The van der Waals surface area contributed by atoms with Crippen molar-refractivity contribution in [3.8, 4) is 0 Å². The van der Waals surface area contributed by atoms with Gasteiger partial charge in [-0.15, -0.1) is 0 Å². The minimum absolute atomic E-state index is 0.122. The second kappa shape index (κ2) is 6.34. The van der Waals surface area contributed by atoms with Gasteiger partial charge in [0, 0.05) is 17.3 Å². The lowest BCUT2D eigenvalue weighted by molar-refractivity contribution is -0.116. The number of aromatic nitrogens is 1. The van der Waals surface area contributed by atoms with E-state index in [4.69, 9.17) is 0 Å². The predicted molar refractivity (Wildman–Crippen MR) is 69.8 cm³/mol. The number of nitrogens with zero attached hydrogens (tertiary/aromatic N) is 1. The molecule has 17 heavy (non-hydrogen) atoms. The van der Waals surface area contributed by atoms with Gasteiger partial charge in [-0.05, 0) is 12.1 Å². The molecule has 92 valence electrons. The molecule has 1 heterocycles. The lowest BCUT2D eigenvalue weighted by Crippen LogP contribution is -2.14. The summed E-state index contributed by atoms with van der Waals surface area (Å²) in [5, 5.41) is 5.27. The fourth-order valence-corrected chi connectivity index (χ4v) is 1.52. The van der Waals surface area contributed by atoms with Crippen molar-refractivity contribution in [1.82, 2.24) is 4.98 Å². The van der Waals surface area contributed by atoms with Gasteiger partial charge in [-0.1, -0.05) is 29.8 Å². The van der Waals surface area contributed by atoms with Crippen LogP contribution < -0.4 is 10.6 Å². The summed E-state index contributed by atoms with van der Waals surface area (Å²) in [4.78, 5) is 26.6. The highest BCUT2D eigenvalue weighted by Gasteiger charge is 2.06. The van der Waals surface area contributed by atoms with Crippen molar-refractivity contribution in [2.24, 2.45) is 0 Å². The molecule has 0 aliphatic heterocycles. The van der Waals surface area contributed by atoms with Gasteiger partial charge in [-0.25, -0.2) is 4.98 Å². The second-order valence-corrected chi connectivity index (χ2v) is 4.27. The molecule has 0 aliphatic carbocycles. The third-order valence-corrected chi connectivity index (χ3v) is 2.43. The molecular formula is C11H14BrN3O2. The van der Waals surface area contributed by atoms with Gasteiger partial charge in [-0.3, -0.25) is 9.59 Å². The van der Waals surface area contributed by atoms with E-state index >= 15 is 0 Å². The number of halogens is 1. The summed E-state index contributed by atoms with van der Waals surface area (Å²) in [7, 11) is 0. The van der Waals surface area contributed by atoms with Crippen molar-refractivity contribution in [3.63, 3.8) is 0 Å². The Labute approximate surface area is 108 Å². The Morgan fingerprint density at radius 1 is 1.12 bits per heavy atom. The van der Waals surface area contributed by atoms with E-state index in [0.717, 1.165) is 4.47 Å². The smallest absolute Gasteiger partial charge is 0.225 e. The number of carbonyl (C=O) groups is 2. The first-order valence-electron chi connectivity index (χ1n) is 5.32. The molecule has 0 bridgehead atoms. The minimum Gasteiger partial charge on any atom is -0.311 e. The van der Waals surface area contributed by atoms with E-state index in [1.807, 2.05) is 0 Å². The predicted octanol–water partition coefficient (Wildman–Crippen LogP) is 2.54. The number of nitrogens with one attached hydrogen (secondary N) is 2. The number of carbonyl (C=O) groups excluding carboxylic acids is 2. The van der Waals surface area contributed by atoms with Crippen molar-refractivity contribution in [3.05, 3.63) is 16.6 Å². The average molecular weight is 300 g/mol. The van der Waals surface area contributed by atoms with Crippen LogP contribution in [0.15, 0.2) is 16.6 Å². The number of hydrogen-bond donors (Lipinski definition) is 2. The van der Waals surface area contributed by atoms with Gasteiger partial charge in [0.2, 0.25) is 11.8 Å². The maximum atomic E-state index is 11.2. The highest BCUT2D eigenvalue weighted by Crippen LogP contribution is 2.19. The van der Waals surface area contributed by atoms with Crippen LogP contribution in [0, 0.1) is 0 Å². The molecule has 5 nitrogen and oxygen atoms in total. The number of rotatable bonds is 4. The first-order valence-corrected chi connectivity index (χ1v) is 6.11. The summed E-state index contributed by atoms with van der Waals surface area (Å²) < 4.78 is 0.741. The van der Waals surface area contributed by atoms with E-state index in [-0.39, 0.29) is 11.8 Å². The van der Waals surface area contributed by atoms with Crippen LogP contribution in [0.2, 0.25) is 0 Å². The molecule has 6 heteroatoms. The normalized spacial score (nSPS) is 9.82. The molecule has 2 amide bonds. The molecule has 0 saturated carbocycles. The van der Waals surface area contributed by atoms with Gasteiger partial charge in [0.05, 0.1) is 0 Å². The van der Waals surface area contributed by atoms with Crippen molar-refractivity contribution >= 4 is 39.4 Å². The van der Waals surface area contributed by atoms with E-state index < -0.39 is 0 Å². The summed E-state index contributed by atoms with van der Waals surface area (Å²) in [5.41, 5.74) is 0. The Hall–Kier alpha value is -1.43. The summed E-state index contributed by atoms with van der Waals surface area (Å²) >= 11 is 3.29. The molecule has 0 fully saturated rings. The third kappa shape index (κ3) is 4.52. The summed E-state index contributed by atoms with van der Waals surface area (Å²) in [6.07, 6.45) is 0.760. The minimum atomic E-state index is -0.122. The highest BCUT2D eigenvalue weighted by molar-refractivity contribution is 9.10. The molecule has 0 saturated heterocycles. The zero-order chi connectivity index (χ0) is 12.8. The van der Waals surface area contributed by atoms with Gasteiger partial charge in [-0.2, -0.15) is 0 Å². The van der Waals surface area contributed by atoms with E-state index in [9.17, 15) is 9.59 Å². The molecular weight excluding hydrogens is 286 g/mol. The van der Waals surface area contributed by atoms with Crippen LogP contribution in [-0.4, -0.2) is 16.8 Å². The topological polar surface area (TPSA) is 71.1 Å². The fourth-order valence-electron chi connectivity index (χ4n) is 1.09. The lowest BCUT2D eigenvalue weighted by Gasteiger charge is -2.07. The number of pyridine rings is 1. The quantitative estimate of drug-likeness (QED) is 0.897.